The summed E-state index contributed by atoms with van der Waals surface area (Å²) in [6.45, 7) is 6.48. The maximum Gasteiger partial charge on any atom is 0.0909 e. The van der Waals surface area contributed by atoms with Gasteiger partial charge in [0.05, 0.1) is 4.95 Å². The molecule has 14 heavy (non-hydrogen) atoms. The molecule has 2 heteroatoms. The van der Waals surface area contributed by atoms with Crippen molar-refractivity contribution in [3.63, 3.8) is 0 Å². The second kappa shape index (κ2) is 4.45. The molecule has 0 amide bonds. The van der Waals surface area contributed by atoms with Crippen molar-refractivity contribution in [2.75, 3.05) is 14.1 Å². The maximum absolute atomic E-state index is 3.69. The minimum atomic E-state index is 0.307. The third kappa shape index (κ3) is 2.37. The molecule has 0 aliphatic carbocycles. The van der Waals surface area contributed by atoms with E-state index in [0.717, 1.165) is 0 Å². The summed E-state index contributed by atoms with van der Waals surface area (Å²) in [5, 5.41) is 0. The van der Waals surface area contributed by atoms with E-state index in [1.54, 1.807) is 0 Å². The lowest BCUT2D eigenvalue weighted by Crippen LogP contribution is -2.15. The molecule has 0 aromatic heterocycles. The number of benzene rings is 1. The molecule has 0 saturated heterocycles. The van der Waals surface area contributed by atoms with Crippen LogP contribution in [0.3, 0.4) is 0 Å². The van der Waals surface area contributed by atoms with E-state index in [9.17, 15) is 0 Å². The van der Waals surface area contributed by atoms with Crippen LogP contribution in [0.2, 0.25) is 0 Å². The predicted molar refractivity (Wildman–Crippen MR) is 66.0 cm³/mol. The van der Waals surface area contributed by atoms with Gasteiger partial charge in [-0.05, 0) is 57.1 Å². The van der Waals surface area contributed by atoms with Crippen LogP contribution in [0.25, 0.3) is 0 Å². The van der Waals surface area contributed by atoms with Crippen molar-refractivity contribution in [3.8, 4) is 0 Å². The molecule has 0 saturated carbocycles. The molecule has 78 valence electrons. The Balaban J connectivity index is 3.15. The molecule has 1 nitrogen and oxygen atoms in total. The summed E-state index contributed by atoms with van der Waals surface area (Å²) in [7, 11) is 4.15. The highest BCUT2D eigenvalue weighted by Crippen LogP contribution is 2.29. The molecule has 0 aliphatic rings. The fraction of sp³-hybridized carbons (Fsp3) is 0.500. The highest BCUT2D eigenvalue weighted by molar-refractivity contribution is 9.09. The first kappa shape index (κ1) is 11.7. The minimum Gasteiger partial charge on any atom is -0.293 e. The third-order valence-corrected chi connectivity index (χ3v) is 3.90. The summed E-state index contributed by atoms with van der Waals surface area (Å²) in [6, 6.07) is 4.52. The number of rotatable bonds is 2. The van der Waals surface area contributed by atoms with Crippen LogP contribution in [0.5, 0.6) is 0 Å². The number of hydrogen-bond acceptors (Lipinski definition) is 1. The van der Waals surface area contributed by atoms with E-state index in [2.05, 4.69) is 67.8 Å². The van der Waals surface area contributed by atoms with Crippen LogP contribution in [-0.4, -0.2) is 19.0 Å². The number of alkyl halides is 1. The SMILES string of the molecule is Cc1cc(C)c(C(Br)N(C)C)cc1C. The van der Waals surface area contributed by atoms with Crippen LogP contribution in [-0.2, 0) is 0 Å². The largest absolute Gasteiger partial charge is 0.293 e. The highest BCUT2D eigenvalue weighted by atomic mass is 79.9. The van der Waals surface area contributed by atoms with E-state index in [0.29, 0.717) is 4.95 Å². The Hall–Kier alpha value is -0.340. The number of aryl methyl sites for hydroxylation is 3. The number of hydrogen-bond donors (Lipinski definition) is 0. The number of halogens is 1. The van der Waals surface area contributed by atoms with Crippen molar-refractivity contribution < 1.29 is 0 Å². The lowest BCUT2D eigenvalue weighted by molar-refractivity contribution is 0.397. The molecular formula is C12H18BrN. The van der Waals surface area contributed by atoms with E-state index in [1.807, 2.05) is 0 Å². The first-order valence-corrected chi connectivity index (χ1v) is 5.73. The van der Waals surface area contributed by atoms with Crippen LogP contribution in [0, 0.1) is 20.8 Å². The summed E-state index contributed by atoms with van der Waals surface area (Å²) < 4.78 is 0. The van der Waals surface area contributed by atoms with Gasteiger partial charge in [-0.25, -0.2) is 0 Å². The van der Waals surface area contributed by atoms with Gasteiger partial charge in [0.1, 0.15) is 0 Å². The van der Waals surface area contributed by atoms with Crippen LogP contribution in [0.15, 0.2) is 12.1 Å². The monoisotopic (exact) mass is 255 g/mol. The lowest BCUT2D eigenvalue weighted by Gasteiger charge is -2.21. The average molecular weight is 256 g/mol. The molecule has 1 rings (SSSR count). The van der Waals surface area contributed by atoms with Crippen LogP contribution < -0.4 is 0 Å². The van der Waals surface area contributed by atoms with Gasteiger partial charge in [0.25, 0.3) is 0 Å². The fourth-order valence-corrected chi connectivity index (χ4v) is 2.01. The van der Waals surface area contributed by atoms with Gasteiger partial charge in [0.2, 0.25) is 0 Å². The van der Waals surface area contributed by atoms with Gasteiger partial charge in [0, 0.05) is 0 Å². The van der Waals surface area contributed by atoms with Gasteiger partial charge in [0.15, 0.2) is 0 Å². The topological polar surface area (TPSA) is 3.24 Å². The molecule has 0 radical (unpaired) electrons. The van der Waals surface area contributed by atoms with E-state index in [-0.39, 0.29) is 0 Å². The molecule has 0 bridgehead atoms. The first-order chi connectivity index (χ1) is 6.43. The van der Waals surface area contributed by atoms with Crippen LogP contribution in [0.1, 0.15) is 27.2 Å². The summed E-state index contributed by atoms with van der Waals surface area (Å²) in [5.41, 5.74) is 5.43. The Morgan fingerprint density at radius 1 is 1.00 bits per heavy atom. The molecule has 0 fully saturated rings. The highest BCUT2D eigenvalue weighted by Gasteiger charge is 2.12. The zero-order chi connectivity index (χ0) is 10.9. The molecule has 0 aliphatic heterocycles. The zero-order valence-electron chi connectivity index (χ0n) is 9.56. The van der Waals surface area contributed by atoms with Crippen molar-refractivity contribution in [1.29, 1.82) is 0 Å². The molecule has 1 aromatic rings. The lowest BCUT2D eigenvalue weighted by atomic mass is 10.0. The van der Waals surface area contributed by atoms with Crippen molar-refractivity contribution >= 4 is 15.9 Å². The Bertz CT molecular complexity index is 331. The Morgan fingerprint density at radius 2 is 1.50 bits per heavy atom. The van der Waals surface area contributed by atoms with Crippen molar-refractivity contribution in [2.24, 2.45) is 0 Å². The maximum atomic E-state index is 3.69. The zero-order valence-corrected chi connectivity index (χ0v) is 11.1. The molecule has 0 heterocycles. The summed E-state index contributed by atoms with van der Waals surface area (Å²) in [6.07, 6.45) is 0. The minimum absolute atomic E-state index is 0.307. The molecule has 1 atom stereocenters. The van der Waals surface area contributed by atoms with Gasteiger partial charge in [-0.2, -0.15) is 0 Å². The first-order valence-electron chi connectivity index (χ1n) is 4.81. The molecule has 1 unspecified atom stereocenters. The quantitative estimate of drug-likeness (QED) is 0.577. The van der Waals surface area contributed by atoms with E-state index < -0.39 is 0 Å². The molecular weight excluding hydrogens is 238 g/mol. The van der Waals surface area contributed by atoms with Crippen molar-refractivity contribution in [1.82, 2.24) is 4.90 Å². The van der Waals surface area contributed by atoms with Gasteiger partial charge in [-0.3, -0.25) is 4.90 Å². The summed E-state index contributed by atoms with van der Waals surface area (Å²) in [5.74, 6) is 0. The van der Waals surface area contributed by atoms with Gasteiger partial charge < -0.3 is 0 Å². The van der Waals surface area contributed by atoms with E-state index in [1.165, 1.54) is 22.3 Å². The standard InChI is InChI=1S/C12H18BrN/c1-8-6-10(3)11(7-9(8)2)12(13)14(4)5/h6-7,12H,1-5H3. The Kier molecular flexibility index (Phi) is 3.73. The Morgan fingerprint density at radius 3 is 2.00 bits per heavy atom. The average Bonchev–Trinajstić information content (AvgIpc) is 2.10. The molecule has 1 aromatic carbocycles. The predicted octanol–water partition coefficient (Wildman–Crippen LogP) is 3.57. The van der Waals surface area contributed by atoms with E-state index in [4.69, 9.17) is 0 Å². The van der Waals surface area contributed by atoms with Crippen LogP contribution >= 0.6 is 15.9 Å². The van der Waals surface area contributed by atoms with Gasteiger partial charge >= 0.3 is 0 Å². The summed E-state index contributed by atoms with van der Waals surface area (Å²) in [4.78, 5) is 2.47. The molecule has 0 N–H and O–H groups in total. The van der Waals surface area contributed by atoms with Crippen LogP contribution in [0.4, 0.5) is 0 Å². The fourth-order valence-electron chi connectivity index (χ4n) is 1.52. The normalized spacial score (nSPS) is 13.4. The number of nitrogens with zero attached hydrogens (tertiary/aromatic N) is 1. The smallest absolute Gasteiger partial charge is 0.0909 e. The second-order valence-electron chi connectivity index (χ2n) is 4.09. The second-order valence-corrected chi connectivity index (χ2v) is 4.96. The van der Waals surface area contributed by atoms with Gasteiger partial charge in [-0.1, -0.05) is 28.1 Å². The van der Waals surface area contributed by atoms with Crippen molar-refractivity contribution in [2.45, 2.75) is 25.7 Å². The van der Waals surface area contributed by atoms with E-state index >= 15 is 0 Å². The summed E-state index contributed by atoms with van der Waals surface area (Å²) >= 11 is 3.69. The Labute approximate surface area is 95.2 Å². The molecule has 0 spiro atoms. The third-order valence-electron chi connectivity index (χ3n) is 2.59. The van der Waals surface area contributed by atoms with Gasteiger partial charge in [-0.15, -0.1) is 0 Å². The van der Waals surface area contributed by atoms with Crippen molar-refractivity contribution in [3.05, 3.63) is 34.4 Å².